The van der Waals surface area contributed by atoms with Crippen molar-refractivity contribution in [1.29, 1.82) is 0 Å². The average molecular weight is 215 g/mol. The van der Waals surface area contributed by atoms with E-state index in [1.54, 1.807) is 18.5 Å². The number of nitrogens with zero attached hydrogens (tertiary/aromatic N) is 3. The second kappa shape index (κ2) is 5.06. The number of hydrogen-bond acceptors (Lipinski definition) is 5. The fourth-order valence-corrected chi connectivity index (χ4v) is 1.35. The third kappa shape index (κ3) is 2.91. The first kappa shape index (κ1) is 10.4. The normalized spacial score (nSPS) is 10.0. The van der Waals surface area contributed by atoms with Gasteiger partial charge >= 0.3 is 0 Å². The van der Waals surface area contributed by atoms with Crippen LogP contribution in [0.1, 0.15) is 5.56 Å². The van der Waals surface area contributed by atoms with Crippen LogP contribution in [0.3, 0.4) is 0 Å². The monoisotopic (exact) mass is 215 g/mol. The fourth-order valence-electron chi connectivity index (χ4n) is 1.35. The van der Waals surface area contributed by atoms with E-state index in [0.29, 0.717) is 5.82 Å². The highest BCUT2D eigenvalue weighted by atomic mass is 15.0. The van der Waals surface area contributed by atoms with Gasteiger partial charge in [-0.1, -0.05) is 0 Å². The topological polar surface area (TPSA) is 76.7 Å². The summed E-state index contributed by atoms with van der Waals surface area (Å²) in [5.41, 5.74) is 6.78. The van der Waals surface area contributed by atoms with Crippen LogP contribution in [-0.2, 0) is 6.42 Å². The van der Waals surface area contributed by atoms with E-state index in [-0.39, 0.29) is 0 Å². The first-order valence-electron chi connectivity index (χ1n) is 5.05. The summed E-state index contributed by atoms with van der Waals surface area (Å²) in [4.78, 5) is 11.8. The molecule has 2 heterocycles. The second-order valence-electron chi connectivity index (χ2n) is 3.36. The van der Waals surface area contributed by atoms with Gasteiger partial charge in [0.05, 0.1) is 0 Å². The Hall–Kier alpha value is -2.17. The molecular formula is C11H13N5. The zero-order valence-electron chi connectivity index (χ0n) is 8.80. The molecule has 0 spiro atoms. The van der Waals surface area contributed by atoms with Crippen LogP contribution in [0, 0.1) is 0 Å². The zero-order chi connectivity index (χ0) is 11.2. The van der Waals surface area contributed by atoms with E-state index in [1.807, 2.05) is 12.1 Å². The average Bonchev–Trinajstić information content (AvgIpc) is 2.30. The number of aromatic nitrogens is 3. The molecule has 2 aromatic heterocycles. The molecule has 0 unspecified atom stereocenters. The molecule has 2 aromatic rings. The molecule has 0 saturated carbocycles. The Labute approximate surface area is 93.8 Å². The maximum absolute atomic E-state index is 5.54. The van der Waals surface area contributed by atoms with Crippen LogP contribution < -0.4 is 11.1 Å². The van der Waals surface area contributed by atoms with E-state index >= 15 is 0 Å². The molecule has 0 amide bonds. The van der Waals surface area contributed by atoms with E-state index in [4.69, 9.17) is 5.73 Å². The van der Waals surface area contributed by atoms with E-state index < -0.39 is 0 Å². The molecule has 0 atom stereocenters. The van der Waals surface area contributed by atoms with Crippen molar-refractivity contribution in [3.8, 4) is 0 Å². The summed E-state index contributed by atoms with van der Waals surface area (Å²) >= 11 is 0. The van der Waals surface area contributed by atoms with Crippen molar-refractivity contribution < 1.29 is 0 Å². The lowest BCUT2D eigenvalue weighted by Crippen LogP contribution is -2.07. The minimum atomic E-state index is 0.474. The molecule has 16 heavy (non-hydrogen) atoms. The van der Waals surface area contributed by atoms with Gasteiger partial charge in [-0.25, -0.2) is 9.97 Å². The number of anilines is 2. The molecular weight excluding hydrogens is 202 g/mol. The maximum Gasteiger partial charge on any atom is 0.131 e. The van der Waals surface area contributed by atoms with Gasteiger partial charge in [-0.3, -0.25) is 4.98 Å². The number of pyridine rings is 1. The van der Waals surface area contributed by atoms with E-state index in [0.717, 1.165) is 18.8 Å². The number of rotatable bonds is 4. The molecule has 0 aliphatic rings. The highest BCUT2D eigenvalue weighted by molar-refractivity contribution is 5.43. The smallest absolute Gasteiger partial charge is 0.131 e. The zero-order valence-corrected chi connectivity index (χ0v) is 8.80. The lowest BCUT2D eigenvalue weighted by molar-refractivity contribution is 0.995. The van der Waals surface area contributed by atoms with Gasteiger partial charge in [0.2, 0.25) is 0 Å². The van der Waals surface area contributed by atoms with Crippen LogP contribution in [0.25, 0.3) is 0 Å². The fraction of sp³-hybridized carbons (Fsp3) is 0.182. The molecule has 0 bridgehead atoms. The summed E-state index contributed by atoms with van der Waals surface area (Å²) in [7, 11) is 0. The van der Waals surface area contributed by atoms with Crippen molar-refractivity contribution in [3.63, 3.8) is 0 Å². The summed E-state index contributed by atoms with van der Waals surface area (Å²) in [6, 6.07) is 5.71. The molecule has 0 aliphatic carbocycles. The molecule has 3 N–H and O–H groups in total. The molecule has 2 rings (SSSR count). The van der Waals surface area contributed by atoms with Crippen LogP contribution in [-0.4, -0.2) is 21.5 Å². The van der Waals surface area contributed by atoms with Gasteiger partial charge in [0.1, 0.15) is 18.0 Å². The first-order valence-corrected chi connectivity index (χ1v) is 5.05. The lowest BCUT2D eigenvalue weighted by Gasteiger charge is -2.05. The van der Waals surface area contributed by atoms with Gasteiger partial charge < -0.3 is 11.1 Å². The molecule has 5 heteroatoms. The molecule has 0 aromatic carbocycles. The summed E-state index contributed by atoms with van der Waals surface area (Å²) in [5.74, 6) is 1.22. The van der Waals surface area contributed by atoms with Gasteiger partial charge in [-0.2, -0.15) is 0 Å². The largest absolute Gasteiger partial charge is 0.384 e. The molecule has 0 radical (unpaired) electrons. The molecule has 5 nitrogen and oxygen atoms in total. The third-order valence-corrected chi connectivity index (χ3v) is 2.16. The summed E-state index contributed by atoms with van der Waals surface area (Å²) in [6.07, 6.45) is 5.95. The van der Waals surface area contributed by atoms with Crippen molar-refractivity contribution >= 4 is 11.6 Å². The van der Waals surface area contributed by atoms with Crippen LogP contribution in [0.15, 0.2) is 36.9 Å². The summed E-state index contributed by atoms with van der Waals surface area (Å²) in [5, 5.41) is 3.18. The van der Waals surface area contributed by atoms with Gasteiger partial charge in [-0.15, -0.1) is 0 Å². The van der Waals surface area contributed by atoms with Gasteiger partial charge in [0.25, 0.3) is 0 Å². The van der Waals surface area contributed by atoms with Crippen LogP contribution in [0.2, 0.25) is 0 Å². The third-order valence-electron chi connectivity index (χ3n) is 2.16. The first-order chi connectivity index (χ1) is 7.84. The van der Waals surface area contributed by atoms with Gasteiger partial charge in [-0.05, 0) is 24.1 Å². The lowest BCUT2D eigenvalue weighted by atomic mass is 10.2. The van der Waals surface area contributed by atoms with E-state index in [9.17, 15) is 0 Å². The standard InChI is InChI=1S/C11H13N5/c12-10-7-11(16-8-15-10)14-6-3-9-1-4-13-5-2-9/h1-2,4-5,7-8H,3,6H2,(H3,12,14,15,16). The second-order valence-corrected chi connectivity index (χ2v) is 3.36. The van der Waals surface area contributed by atoms with Crippen molar-refractivity contribution in [2.75, 3.05) is 17.6 Å². The number of nitrogens with one attached hydrogen (secondary N) is 1. The van der Waals surface area contributed by atoms with Crippen molar-refractivity contribution in [2.24, 2.45) is 0 Å². The maximum atomic E-state index is 5.54. The van der Waals surface area contributed by atoms with Crippen LogP contribution >= 0.6 is 0 Å². The van der Waals surface area contributed by atoms with E-state index in [2.05, 4.69) is 20.3 Å². The Morgan fingerprint density at radius 3 is 2.75 bits per heavy atom. The van der Waals surface area contributed by atoms with Crippen molar-refractivity contribution in [3.05, 3.63) is 42.5 Å². The Morgan fingerprint density at radius 2 is 2.00 bits per heavy atom. The molecule has 0 fully saturated rings. The van der Waals surface area contributed by atoms with E-state index in [1.165, 1.54) is 11.9 Å². The quantitative estimate of drug-likeness (QED) is 0.798. The Kier molecular flexibility index (Phi) is 3.28. The van der Waals surface area contributed by atoms with Crippen molar-refractivity contribution in [1.82, 2.24) is 15.0 Å². The van der Waals surface area contributed by atoms with Crippen LogP contribution in [0.5, 0.6) is 0 Å². The Morgan fingerprint density at radius 1 is 1.19 bits per heavy atom. The van der Waals surface area contributed by atoms with Crippen molar-refractivity contribution in [2.45, 2.75) is 6.42 Å². The Bertz CT molecular complexity index is 443. The summed E-state index contributed by atoms with van der Waals surface area (Å²) < 4.78 is 0. The predicted octanol–water partition coefficient (Wildman–Crippen LogP) is 1.11. The number of hydrogen-bond donors (Lipinski definition) is 2. The highest BCUT2D eigenvalue weighted by Crippen LogP contribution is 2.05. The predicted molar refractivity (Wildman–Crippen MR) is 62.9 cm³/mol. The SMILES string of the molecule is Nc1cc(NCCc2ccncc2)ncn1. The highest BCUT2D eigenvalue weighted by Gasteiger charge is 1.95. The Balaban J connectivity index is 1.85. The van der Waals surface area contributed by atoms with Gasteiger partial charge in [0.15, 0.2) is 0 Å². The number of nitrogens with two attached hydrogens (primary N) is 1. The molecule has 0 aliphatic heterocycles. The van der Waals surface area contributed by atoms with Gasteiger partial charge in [0, 0.05) is 25.0 Å². The molecule has 0 saturated heterocycles. The molecule has 82 valence electrons. The van der Waals surface area contributed by atoms with Crippen LogP contribution in [0.4, 0.5) is 11.6 Å². The minimum absolute atomic E-state index is 0.474. The summed E-state index contributed by atoms with van der Waals surface area (Å²) in [6.45, 7) is 0.806. The number of nitrogen functional groups attached to an aromatic ring is 1. The minimum Gasteiger partial charge on any atom is -0.384 e.